The third-order valence-corrected chi connectivity index (χ3v) is 3.54. The first-order chi connectivity index (χ1) is 7.25. The molecule has 0 spiro atoms. The quantitative estimate of drug-likeness (QED) is 0.762. The van der Waals surface area contributed by atoms with E-state index in [9.17, 15) is 0 Å². The van der Waals surface area contributed by atoms with Gasteiger partial charge in [-0.1, -0.05) is 13.8 Å². The van der Waals surface area contributed by atoms with Crippen LogP contribution < -0.4 is 5.32 Å². The summed E-state index contributed by atoms with van der Waals surface area (Å²) in [5, 5.41) is 3.65. The molecule has 1 unspecified atom stereocenters. The van der Waals surface area contributed by atoms with Crippen LogP contribution in [0.3, 0.4) is 0 Å². The molecule has 0 amide bonds. The van der Waals surface area contributed by atoms with E-state index >= 15 is 0 Å². The van der Waals surface area contributed by atoms with Crippen LogP contribution in [0, 0.1) is 0 Å². The minimum Gasteiger partial charge on any atom is -0.379 e. The van der Waals surface area contributed by atoms with Crippen molar-refractivity contribution in [1.82, 2.24) is 10.2 Å². The second-order valence-electron chi connectivity index (χ2n) is 5.13. The van der Waals surface area contributed by atoms with Gasteiger partial charge < -0.3 is 10.1 Å². The van der Waals surface area contributed by atoms with Crippen LogP contribution >= 0.6 is 0 Å². The van der Waals surface area contributed by atoms with Crippen molar-refractivity contribution in [3.05, 3.63) is 0 Å². The minimum atomic E-state index is 0.624. The maximum Gasteiger partial charge on any atom is 0.0594 e. The van der Waals surface area contributed by atoms with Crippen molar-refractivity contribution in [1.29, 1.82) is 0 Å². The van der Waals surface area contributed by atoms with Gasteiger partial charge in [-0.2, -0.15) is 0 Å². The van der Waals surface area contributed by atoms with Gasteiger partial charge in [0.25, 0.3) is 0 Å². The maximum absolute atomic E-state index is 5.39. The average molecular weight is 212 g/mol. The van der Waals surface area contributed by atoms with Crippen LogP contribution in [0.5, 0.6) is 0 Å². The van der Waals surface area contributed by atoms with E-state index < -0.39 is 0 Å². The SMILES string of the molecule is CC(C)N[C@@H]1CCC(N2CCOCC2)C1. The molecule has 1 saturated carbocycles. The molecule has 88 valence electrons. The molecule has 15 heavy (non-hydrogen) atoms. The van der Waals surface area contributed by atoms with Gasteiger partial charge in [0.15, 0.2) is 0 Å². The fourth-order valence-electron chi connectivity index (χ4n) is 2.85. The highest BCUT2D eigenvalue weighted by atomic mass is 16.5. The van der Waals surface area contributed by atoms with Crippen LogP contribution in [0.25, 0.3) is 0 Å². The Labute approximate surface area is 93.2 Å². The Kier molecular flexibility index (Phi) is 4.00. The zero-order valence-corrected chi connectivity index (χ0v) is 10.0. The summed E-state index contributed by atoms with van der Waals surface area (Å²) in [6.45, 7) is 8.61. The number of morpholine rings is 1. The normalized spacial score (nSPS) is 33.8. The summed E-state index contributed by atoms with van der Waals surface area (Å²) < 4.78 is 5.39. The molecule has 0 aromatic rings. The smallest absolute Gasteiger partial charge is 0.0594 e. The lowest BCUT2D eigenvalue weighted by atomic mass is 10.2. The van der Waals surface area contributed by atoms with E-state index in [1.807, 2.05) is 0 Å². The Morgan fingerprint density at radius 2 is 1.93 bits per heavy atom. The maximum atomic E-state index is 5.39. The largest absolute Gasteiger partial charge is 0.379 e. The van der Waals surface area contributed by atoms with E-state index in [-0.39, 0.29) is 0 Å². The molecular weight excluding hydrogens is 188 g/mol. The van der Waals surface area contributed by atoms with Crippen molar-refractivity contribution in [2.45, 2.75) is 51.2 Å². The van der Waals surface area contributed by atoms with Crippen LogP contribution in [0.4, 0.5) is 0 Å². The summed E-state index contributed by atoms with van der Waals surface area (Å²) in [7, 11) is 0. The highest BCUT2D eigenvalue weighted by Gasteiger charge is 2.29. The van der Waals surface area contributed by atoms with Gasteiger partial charge in [0, 0.05) is 31.2 Å². The van der Waals surface area contributed by atoms with Gasteiger partial charge in [-0.05, 0) is 19.3 Å². The Bertz CT molecular complexity index is 190. The van der Waals surface area contributed by atoms with Crippen LogP contribution in [-0.2, 0) is 4.74 Å². The van der Waals surface area contributed by atoms with E-state index in [0.29, 0.717) is 6.04 Å². The fourth-order valence-corrected chi connectivity index (χ4v) is 2.85. The fraction of sp³-hybridized carbons (Fsp3) is 1.00. The highest BCUT2D eigenvalue weighted by molar-refractivity contribution is 4.88. The van der Waals surface area contributed by atoms with Crippen molar-refractivity contribution < 1.29 is 4.74 Å². The predicted octanol–water partition coefficient (Wildman–Crippen LogP) is 1.24. The number of nitrogens with one attached hydrogen (secondary N) is 1. The van der Waals surface area contributed by atoms with E-state index in [4.69, 9.17) is 4.74 Å². The number of hydrogen-bond donors (Lipinski definition) is 1. The lowest BCUT2D eigenvalue weighted by molar-refractivity contribution is 0.0175. The second-order valence-corrected chi connectivity index (χ2v) is 5.13. The molecule has 1 aliphatic heterocycles. The second kappa shape index (κ2) is 5.28. The Morgan fingerprint density at radius 3 is 2.60 bits per heavy atom. The van der Waals surface area contributed by atoms with Crippen molar-refractivity contribution in [2.24, 2.45) is 0 Å². The van der Waals surface area contributed by atoms with Crippen LogP contribution in [0.1, 0.15) is 33.1 Å². The zero-order valence-electron chi connectivity index (χ0n) is 10.0. The first-order valence-corrected chi connectivity index (χ1v) is 6.33. The van der Waals surface area contributed by atoms with Gasteiger partial charge in [0.05, 0.1) is 13.2 Å². The molecule has 2 rings (SSSR count). The first-order valence-electron chi connectivity index (χ1n) is 6.33. The van der Waals surface area contributed by atoms with Crippen LogP contribution in [-0.4, -0.2) is 49.3 Å². The Hall–Kier alpha value is -0.120. The summed E-state index contributed by atoms with van der Waals surface area (Å²) >= 11 is 0. The van der Waals surface area contributed by atoms with Gasteiger partial charge in [0.1, 0.15) is 0 Å². The van der Waals surface area contributed by atoms with Crippen molar-refractivity contribution in [3.63, 3.8) is 0 Å². The van der Waals surface area contributed by atoms with Gasteiger partial charge in [-0.25, -0.2) is 0 Å². The van der Waals surface area contributed by atoms with E-state index in [0.717, 1.165) is 38.4 Å². The average Bonchev–Trinajstić information content (AvgIpc) is 2.67. The summed E-state index contributed by atoms with van der Waals surface area (Å²) in [5.74, 6) is 0. The van der Waals surface area contributed by atoms with E-state index in [1.54, 1.807) is 0 Å². The topological polar surface area (TPSA) is 24.5 Å². The first kappa shape index (κ1) is 11.4. The monoisotopic (exact) mass is 212 g/mol. The number of ether oxygens (including phenoxy) is 1. The molecule has 1 aliphatic carbocycles. The predicted molar refractivity (Wildman–Crippen MR) is 62.1 cm³/mol. The molecule has 1 heterocycles. The van der Waals surface area contributed by atoms with Gasteiger partial charge in [-0.15, -0.1) is 0 Å². The molecule has 2 fully saturated rings. The molecule has 3 heteroatoms. The van der Waals surface area contributed by atoms with Crippen LogP contribution in [0.2, 0.25) is 0 Å². The molecule has 2 aliphatic rings. The van der Waals surface area contributed by atoms with Crippen molar-refractivity contribution >= 4 is 0 Å². The molecule has 3 nitrogen and oxygen atoms in total. The molecule has 0 radical (unpaired) electrons. The standard InChI is InChI=1S/C12H24N2O/c1-10(2)13-11-3-4-12(9-11)14-5-7-15-8-6-14/h10-13H,3-9H2,1-2H3/t11-,12?/m1/s1. The summed E-state index contributed by atoms with van der Waals surface area (Å²) in [6, 6.07) is 2.18. The summed E-state index contributed by atoms with van der Waals surface area (Å²) in [5.41, 5.74) is 0. The van der Waals surface area contributed by atoms with Gasteiger partial charge >= 0.3 is 0 Å². The number of rotatable bonds is 3. The summed E-state index contributed by atoms with van der Waals surface area (Å²) in [4.78, 5) is 2.62. The third-order valence-electron chi connectivity index (χ3n) is 3.54. The Morgan fingerprint density at radius 1 is 1.20 bits per heavy atom. The minimum absolute atomic E-state index is 0.624. The van der Waals surface area contributed by atoms with Crippen molar-refractivity contribution in [3.8, 4) is 0 Å². The number of nitrogens with zero attached hydrogens (tertiary/aromatic N) is 1. The molecule has 1 N–H and O–H groups in total. The summed E-state index contributed by atoms with van der Waals surface area (Å²) in [6.07, 6.45) is 4.04. The van der Waals surface area contributed by atoms with Crippen LogP contribution in [0.15, 0.2) is 0 Å². The Balaban J connectivity index is 1.76. The molecule has 0 aromatic heterocycles. The highest BCUT2D eigenvalue weighted by Crippen LogP contribution is 2.25. The van der Waals surface area contributed by atoms with Gasteiger partial charge in [-0.3, -0.25) is 4.90 Å². The van der Waals surface area contributed by atoms with E-state index in [2.05, 4.69) is 24.1 Å². The lowest BCUT2D eigenvalue weighted by Gasteiger charge is -2.32. The number of hydrogen-bond acceptors (Lipinski definition) is 3. The van der Waals surface area contributed by atoms with E-state index in [1.165, 1.54) is 19.3 Å². The molecule has 0 bridgehead atoms. The third kappa shape index (κ3) is 3.16. The van der Waals surface area contributed by atoms with Crippen molar-refractivity contribution in [2.75, 3.05) is 26.3 Å². The molecule has 2 atom stereocenters. The van der Waals surface area contributed by atoms with Gasteiger partial charge in [0.2, 0.25) is 0 Å². The molecule has 0 aromatic carbocycles. The molecular formula is C12H24N2O. The lowest BCUT2D eigenvalue weighted by Crippen LogP contribution is -2.43. The zero-order chi connectivity index (χ0) is 10.7. The molecule has 1 saturated heterocycles.